The fourth-order valence-electron chi connectivity index (χ4n) is 5.68. The molecule has 176 valence electrons. The van der Waals surface area contributed by atoms with Gasteiger partial charge < -0.3 is 19.3 Å². The number of fused-ring (bicyclic) bond motifs is 6. The summed E-state index contributed by atoms with van der Waals surface area (Å²) >= 11 is 0. The lowest BCUT2D eigenvalue weighted by Crippen LogP contribution is -2.51. The number of hydrogen-bond acceptors (Lipinski definition) is 3. The van der Waals surface area contributed by atoms with E-state index in [1.165, 1.54) is 10.9 Å². The van der Waals surface area contributed by atoms with Crippen molar-refractivity contribution in [2.45, 2.75) is 25.7 Å². The van der Waals surface area contributed by atoms with Crippen LogP contribution < -0.4 is 4.90 Å². The number of nitrogens with zero attached hydrogens (tertiary/aromatic N) is 4. The van der Waals surface area contributed by atoms with Crippen molar-refractivity contribution in [3.05, 3.63) is 101 Å². The Bertz CT molecular complexity index is 1440. The highest BCUT2D eigenvalue weighted by molar-refractivity contribution is 6.02. The molecular weight excluding hydrogens is 436 g/mol. The Morgan fingerprint density at radius 3 is 2.51 bits per heavy atom. The third kappa shape index (κ3) is 3.40. The molecule has 3 aromatic carbocycles. The minimum Gasteiger partial charge on any atom is -0.349 e. The molecule has 4 aromatic rings. The molecule has 0 saturated heterocycles. The number of hydrogen-bond donors (Lipinski definition) is 0. The topological polar surface area (TPSA) is 48.8 Å². The van der Waals surface area contributed by atoms with Crippen LogP contribution in [0.4, 0.5) is 5.69 Å². The van der Waals surface area contributed by atoms with E-state index in [-0.39, 0.29) is 24.5 Å². The van der Waals surface area contributed by atoms with Gasteiger partial charge >= 0.3 is 0 Å². The Labute approximate surface area is 205 Å². The van der Waals surface area contributed by atoms with E-state index >= 15 is 0 Å². The zero-order valence-corrected chi connectivity index (χ0v) is 20.0. The highest BCUT2D eigenvalue weighted by Crippen LogP contribution is 2.44. The van der Waals surface area contributed by atoms with E-state index in [1.54, 1.807) is 4.90 Å². The van der Waals surface area contributed by atoms with E-state index in [0.717, 1.165) is 34.4 Å². The molecule has 6 rings (SSSR count). The molecule has 0 fully saturated rings. The Hall–Kier alpha value is -4.06. The van der Waals surface area contributed by atoms with Crippen molar-refractivity contribution >= 4 is 28.4 Å². The summed E-state index contributed by atoms with van der Waals surface area (Å²) in [7, 11) is 3.90. The summed E-state index contributed by atoms with van der Waals surface area (Å²) in [6.07, 6.45) is 0.524. The molecule has 0 saturated carbocycles. The molecule has 1 aromatic heterocycles. The summed E-state index contributed by atoms with van der Waals surface area (Å²) in [4.78, 5) is 32.9. The van der Waals surface area contributed by atoms with E-state index in [9.17, 15) is 9.59 Å². The van der Waals surface area contributed by atoms with Gasteiger partial charge in [0.05, 0.1) is 16.9 Å². The number of amides is 2. The monoisotopic (exact) mass is 464 g/mol. The first-order valence-corrected chi connectivity index (χ1v) is 12.1. The number of carbonyl (C=O) groups excluding carboxylic acids is 2. The van der Waals surface area contributed by atoms with Gasteiger partial charge in [0.2, 0.25) is 5.91 Å². The first-order valence-electron chi connectivity index (χ1n) is 12.1. The van der Waals surface area contributed by atoms with E-state index < -0.39 is 0 Å². The first kappa shape index (κ1) is 21.5. The molecule has 0 unspecified atom stereocenters. The second kappa shape index (κ2) is 8.31. The van der Waals surface area contributed by atoms with Crippen molar-refractivity contribution in [2.75, 3.05) is 25.5 Å². The van der Waals surface area contributed by atoms with Gasteiger partial charge in [0.15, 0.2) is 0 Å². The summed E-state index contributed by atoms with van der Waals surface area (Å²) in [6.45, 7) is 1.45. The quantitative estimate of drug-likeness (QED) is 0.449. The standard InChI is InChI=1S/C29H28N4O2/c1-30(18-20-10-4-3-5-11-20)26(34)19-33-25-15-9-6-12-21(25)22-16-17-32-28(27(22)33)31(2)24-14-8-7-13-23(24)29(32)35/h3-15,28H,16-19H2,1-2H3/t28-/m0/s1. The predicted molar refractivity (Wildman–Crippen MR) is 137 cm³/mol. The summed E-state index contributed by atoms with van der Waals surface area (Å²) in [5, 5.41) is 1.17. The number of para-hydroxylation sites is 2. The Morgan fingerprint density at radius 2 is 1.69 bits per heavy atom. The SMILES string of the molecule is CN(Cc1ccccc1)C(=O)Cn1c2c(c3ccccc31)CCN1C(=O)c3ccccc3N(C)[C@H]21. The van der Waals surface area contributed by atoms with Crippen molar-refractivity contribution < 1.29 is 9.59 Å². The molecule has 3 heterocycles. The van der Waals surface area contributed by atoms with Gasteiger partial charge in [-0.25, -0.2) is 0 Å². The lowest BCUT2D eigenvalue weighted by Gasteiger charge is -2.46. The first-order chi connectivity index (χ1) is 17.0. The lowest BCUT2D eigenvalue weighted by atomic mass is 9.96. The van der Waals surface area contributed by atoms with Crippen molar-refractivity contribution in [3.8, 4) is 0 Å². The summed E-state index contributed by atoms with van der Waals surface area (Å²) in [5.41, 5.74) is 6.08. The van der Waals surface area contributed by atoms with Crippen LogP contribution >= 0.6 is 0 Å². The van der Waals surface area contributed by atoms with Crippen LogP contribution in [0.1, 0.15) is 33.3 Å². The van der Waals surface area contributed by atoms with Crippen molar-refractivity contribution in [1.29, 1.82) is 0 Å². The van der Waals surface area contributed by atoms with Gasteiger partial charge in [0.1, 0.15) is 12.7 Å². The third-order valence-corrected chi connectivity index (χ3v) is 7.39. The summed E-state index contributed by atoms with van der Waals surface area (Å²) in [5.74, 6) is 0.0957. The van der Waals surface area contributed by atoms with E-state index in [1.807, 2.05) is 85.7 Å². The van der Waals surface area contributed by atoms with Crippen LogP contribution in [0.2, 0.25) is 0 Å². The Balaban J connectivity index is 1.43. The number of benzene rings is 3. The fraction of sp³-hybridized carbons (Fsp3) is 0.241. The number of aromatic nitrogens is 1. The van der Waals surface area contributed by atoms with Gasteiger partial charge in [0.25, 0.3) is 5.91 Å². The number of anilines is 1. The second-order valence-corrected chi connectivity index (χ2v) is 9.45. The maximum atomic E-state index is 13.5. The lowest BCUT2D eigenvalue weighted by molar-refractivity contribution is -0.131. The predicted octanol–water partition coefficient (Wildman–Crippen LogP) is 4.45. The largest absolute Gasteiger partial charge is 0.349 e. The zero-order valence-electron chi connectivity index (χ0n) is 20.0. The van der Waals surface area contributed by atoms with Crippen molar-refractivity contribution in [2.24, 2.45) is 0 Å². The van der Waals surface area contributed by atoms with Crippen molar-refractivity contribution in [1.82, 2.24) is 14.4 Å². The third-order valence-electron chi connectivity index (χ3n) is 7.39. The minimum atomic E-state index is -0.249. The van der Waals surface area contributed by atoms with E-state index in [4.69, 9.17) is 0 Å². The van der Waals surface area contributed by atoms with E-state index in [0.29, 0.717) is 13.1 Å². The van der Waals surface area contributed by atoms with Crippen LogP contribution in [-0.2, 0) is 24.3 Å². The molecule has 0 bridgehead atoms. The molecule has 35 heavy (non-hydrogen) atoms. The molecule has 0 aliphatic carbocycles. The molecule has 2 aliphatic heterocycles. The molecule has 6 nitrogen and oxygen atoms in total. The average molecular weight is 465 g/mol. The Morgan fingerprint density at radius 1 is 0.971 bits per heavy atom. The number of rotatable bonds is 4. The highest BCUT2D eigenvalue weighted by atomic mass is 16.2. The zero-order chi connectivity index (χ0) is 24.1. The van der Waals surface area contributed by atoms with Crippen LogP contribution in [-0.4, -0.2) is 46.8 Å². The van der Waals surface area contributed by atoms with Gasteiger partial charge in [-0.1, -0.05) is 60.7 Å². The van der Waals surface area contributed by atoms with Crippen LogP contribution in [0.5, 0.6) is 0 Å². The maximum absolute atomic E-state index is 13.5. The molecule has 2 aliphatic rings. The van der Waals surface area contributed by atoms with Crippen LogP contribution in [0, 0.1) is 0 Å². The average Bonchev–Trinajstić information content (AvgIpc) is 3.21. The number of likely N-dealkylation sites (N-methyl/N-ethyl adjacent to an activating group) is 1. The molecule has 2 amide bonds. The van der Waals surface area contributed by atoms with Crippen LogP contribution in [0.25, 0.3) is 10.9 Å². The van der Waals surface area contributed by atoms with Crippen LogP contribution in [0.3, 0.4) is 0 Å². The van der Waals surface area contributed by atoms with Gasteiger partial charge in [-0.3, -0.25) is 9.59 Å². The number of carbonyl (C=O) groups is 2. The fourth-order valence-corrected chi connectivity index (χ4v) is 5.68. The molecule has 0 radical (unpaired) electrons. The van der Waals surface area contributed by atoms with Gasteiger partial charge in [0, 0.05) is 38.1 Å². The minimum absolute atomic E-state index is 0.0414. The Kier molecular flexibility index (Phi) is 5.10. The molecule has 0 N–H and O–H groups in total. The highest BCUT2D eigenvalue weighted by Gasteiger charge is 2.42. The van der Waals surface area contributed by atoms with Gasteiger partial charge in [-0.2, -0.15) is 0 Å². The van der Waals surface area contributed by atoms with Gasteiger partial charge in [-0.05, 0) is 35.7 Å². The molecule has 0 spiro atoms. The maximum Gasteiger partial charge on any atom is 0.257 e. The molecule has 1 atom stereocenters. The molecular formula is C29H28N4O2. The van der Waals surface area contributed by atoms with Gasteiger partial charge in [-0.15, -0.1) is 0 Å². The normalized spacial score (nSPS) is 16.6. The summed E-state index contributed by atoms with van der Waals surface area (Å²) in [6, 6.07) is 26.1. The molecule has 6 heteroatoms. The summed E-state index contributed by atoms with van der Waals surface area (Å²) < 4.78 is 2.14. The van der Waals surface area contributed by atoms with E-state index in [2.05, 4.69) is 21.6 Å². The smallest absolute Gasteiger partial charge is 0.257 e. The second-order valence-electron chi connectivity index (χ2n) is 9.45. The van der Waals surface area contributed by atoms with Crippen molar-refractivity contribution in [3.63, 3.8) is 0 Å². The van der Waals surface area contributed by atoms with Crippen LogP contribution in [0.15, 0.2) is 78.9 Å².